The highest BCUT2D eigenvalue weighted by molar-refractivity contribution is 8.00. The molecule has 0 radical (unpaired) electrons. The highest BCUT2D eigenvalue weighted by Crippen LogP contribution is 2.22. The van der Waals surface area contributed by atoms with Gasteiger partial charge in [-0.1, -0.05) is 62.0 Å². The quantitative estimate of drug-likeness (QED) is 0.161. The minimum atomic E-state index is -0.534. The van der Waals surface area contributed by atoms with Crippen LogP contribution in [-0.2, 0) is 0 Å². The van der Waals surface area contributed by atoms with E-state index in [1.54, 1.807) is 23.5 Å². The van der Waals surface area contributed by atoms with Crippen LogP contribution >= 0.6 is 59.4 Å². The summed E-state index contributed by atoms with van der Waals surface area (Å²) in [4.78, 5) is 3.44. The topological polar surface area (TPSA) is 40.5 Å². The van der Waals surface area contributed by atoms with E-state index in [2.05, 4.69) is 36.9 Å². The van der Waals surface area contributed by atoms with E-state index in [0.717, 1.165) is 16.4 Å². The van der Waals surface area contributed by atoms with Crippen molar-refractivity contribution in [2.75, 3.05) is 23.3 Å². The molecule has 0 unspecified atom stereocenters. The Morgan fingerprint density at radius 2 is 0.969 bits per heavy atom. The van der Waals surface area contributed by atoms with E-state index in [-0.39, 0.29) is 25.3 Å². The molecule has 0 saturated carbocycles. The molecule has 176 valence electrons. The second-order valence-electron chi connectivity index (χ2n) is 6.20. The molecule has 2 nitrogen and oxygen atoms in total. The number of rotatable bonds is 8. The van der Waals surface area contributed by atoms with Crippen molar-refractivity contribution in [3.05, 3.63) is 91.0 Å². The van der Waals surface area contributed by atoms with Gasteiger partial charge in [0, 0.05) is 38.0 Å². The van der Waals surface area contributed by atoms with E-state index in [9.17, 15) is 5.11 Å². The monoisotopic (exact) mass is 530 g/mol. The second kappa shape index (κ2) is 20.8. The van der Waals surface area contributed by atoms with Crippen molar-refractivity contribution in [2.24, 2.45) is 0 Å². The van der Waals surface area contributed by atoms with Crippen LogP contribution in [0.2, 0.25) is 0 Å². The molecule has 3 aromatic rings. The molecule has 3 rings (SSSR count). The highest BCUT2D eigenvalue weighted by Gasteiger charge is 2.05. The van der Waals surface area contributed by atoms with Crippen LogP contribution in [0.15, 0.2) is 106 Å². The van der Waals surface area contributed by atoms with Gasteiger partial charge >= 0.3 is 0 Å². The first-order chi connectivity index (χ1) is 15.0. The first-order valence-corrected chi connectivity index (χ1v) is 13.1. The van der Waals surface area contributed by atoms with Crippen LogP contribution in [0.5, 0.6) is 0 Å². The SMILES string of the molecule is C.OC(CCl)CCl.OC(CSc1ccccc1)CSc1ccccc1.Sc1ccccc1. The Morgan fingerprint density at radius 3 is 1.22 bits per heavy atom. The van der Waals surface area contributed by atoms with Crippen molar-refractivity contribution in [1.29, 1.82) is 0 Å². The number of thioether (sulfide) groups is 2. The van der Waals surface area contributed by atoms with Gasteiger partial charge in [-0.05, 0) is 36.4 Å². The van der Waals surface area contributed by atoms with Crippen LogP contribution in [0.1, 0.15) is 7.43 Å². The zero-order valence-electron chi connectivity index (χ0n) is 17.1. The lowest BCUT2D eigenvalue weighted by Gasteiger charge is -2.09. The number of alkyl halides is 2. The predicted octanol–water partition coefficient (Wildman–Crippen LogP) is 7.37. The van der Waals surface area contributed by atoms with Gasteiger partial charge in [-0.25, -0.2) is 0 Å². The molecule has 0 aromatic heterocycles. The molecule has 0 bridgehead atoms. The molecule has 32 heavy (non-hydrogen) atoms. The van der Waals surface area contributed by atoms with Crippen LogP contribution in [-0.4, -0.2) is 45.7 Å². The van der Waals surface area contributed by atoms with Crippen LogP contribution in [0.3, 0.4) is 0 Å². The normalized spacial score (nSPS) is 9.84. The molecular formula is C25H32Cl2O2S3. The maximum Gasteiger partial charge on any atom is 0.0810 e. The summed E-state index contributed by atoms with van der Waals surface area (Å²) >= 11 is 17.7. The fourth-order valence-corrected chi connectivity index (χ4v) is 4.29. The lowest BCUT2D eigenvalue weighted by molar-refractivity contribution is 0.222. The van der Waals surface area contributed by atoms with E-state index < -0.39 is 6.10 Å². The molecule has 0 heterocycles. The van der Waals surface area contributed by atoms with Crippen molar-refractivity contribution < 1.29 is 10.2 Å². The average Bonchev–Trinajstić information content (AvgIpc) is 2.83. The van der Waals surface area contributed by atoms with Gasteiger partial charge in [0.1, 0.15) is 0 Å². The fourth-order valence-electron chi connectivity index (χ4n) is 1.94. The summed E-state index contributed by atoms with van der Waals surface area (Å²) in [6, 6.07) is 30.2. The van der Waals surface area contributed by atoms with Crippen LogP contribution in [0.4, 0.5) is 0 Å². The van der Waals surface area contributed by atoms with Crippen LogP contribution in [0, 0.1) is 0 Å². The van der Waals surface area contributed by atoms with Gasteiger partial charge < -0.3 is 10.2 Å². The summed E-state index contributed by atoms with van der Waals surface area (Å²) < 4.78 is 0. The fraction of sp³-hybridized carbons (Fsp3) is 0.280. The van der Waals surface area contributed by atoms with E-state index >= 15 is 0 Å². The van der Waals surface area contributed by atoms with E-state index in [0.29, 0.717) is 0 Å². The molecule has 0 amide bonds. The molecular weight excluding hydrogens is 499 g/mol. The Hall–Kier alpha value is -0.790. The third-order valence-electron chi connectivity index (χ3n) is 3.48. The molecule has 0 spiro atoms. The lowest BCUT2D eigenvalue weighted by Crippen LogP contribution is -2.12. The third kappa shape index (κ3) is 16.8. The van der Waals surface area contributed by atoms with Gasteiger partial charge in [-0.2, -0.15) is 0 Å². The average molecular weight is 532 g/mol. The molecule has 3 aromatic carbocycles. The number of benzene rings is 3. The molecule has 0 saturated heterocycles. The summed E-state index contributed by atoms with van der Waals surface area (Å²) in [6.45, 7) is 0. The van der Waals surface area contributed by atoms with Gasteiger partial charge in [-0.3, -0.25) is 0 Å². The first kappa shape index (κ1) is 31.2. The second-order valence-corrected chi connectivity index (χ2v) is 9.52. The van der Waals surface area contributed by atoms with Crippen molar-refractivity contribution in [3.63, 3.8) is 0 Å². The van der Waals surface area contributed by atoms with Crippen LogP contribution in [0.25, 0.3) is 0 Å². The van der Waals surface area contributed by atoms with Crippen molar-refractivity contribution >= 4 is 59.4 Å². The Morgan fingerprint density at radius 1 is 0.625 bits per heavy atom. The number of aliphatic hydroxyl groups excluding tert-OH is 2. The predicted molar refractivity (Wildman–Crippen MR) is 148 cm³/mol. The molecule has 7 heteroatoms. The van der Waals surface area contributed by atoms with E-state index in [1.165, 1.54) is 9.79 Å². The molecule has 0 aliphatic heterocycles. The first-order valence-electron chi connectivity index (χ1n) is 9.63. The Balaban J connectivity index is 0.000000567. The zero-order chi connectivity index (χ0) is 22.7. The van der Waals surface area contributed by atoms with Gasteiger partial charge in [0.25, 0.3) is 0 Å². The minimum Gasteiger partial charge on any atom is -0.391 e. The van der Waals surface area contributed by atoms with Gasteiger partial charge in [0.15, 0.2) is 0 Å². The van der Waals surface area contributed by atoms with E-state index in [1.807, 2.05) is 66.7 Å². The van der Waals surface area contributed by atoms with E-state index in [4.69, 9.17) is 28.3 Å². The van der Waals surface area contributed by atoms with Gasteiger partial charge in [0.05, 0.1) is 12.2 Å². The van der Waals surface area contributed by atoms with Gasteiger partial charge in [-0.15, -0.1) is 59.4 Å². The molecule has 2 N–H and O–H groups in total. The summed E-state index contributed by atoms with van der Waals surface area (Å²) in [5.74, 6) is 1.93. The molecule has 0 fully saturated rings. The standard InChI is InChI=1S/C15H16OS2.C6H6S.C3H6Cl2O.CH4/c16-13(11-17-14-7-3-1-4-8-14)12-18-15-9-5-2-6-10-15;7-6-4-2-1-3-5-6;4-1-3(6)2-5;/h1-10,13,16H,11-12H2;1-5,7H;3,6H,1-2H2;1H4. The van der Waals surface area contributed by atoms with Crippen molar-refractivity contribution in [1.82, 2.24) is 0 Å². The van der Waals surface area contributed by atoms with Gasteiger partial charge in [0.2, 0.25) is 0 Å². The van der Waals surface area contributed by atoms with Crippen molar-refractivity contribution in [2.45, 2.75) is 34.3 Å². The minimum absolute atomic E-state index is 0. The van der Waals surface area contributed by atoms with Crippen molar-refractivity contribution in [3.8, 4) is 0 Å². The maximum atomic E-state index is 9.93. The number of aliphatic hydroxyl groups is 2. The summed E-state index contributed by atoms with van der Waals surface area (Å²) in [7, 11) is 0. The summed E-state index contributed by atoms with van der Waals surface area (Å²) in [5, 5.41) is 18.3. The smallest absolute Gasteiger partial charge is 0.0810 e. The summed E-state index contributed by atoms with van der Waals surface area (Å²) in [6.07, 6.45) is -0.811. The zero-order valence-corrected chi connectivity index (χ0v) is 21.1. The highest BCUT2D eigenvalue weighted by atomic mass is 35.5. The number of hydrogen-bond acceptors (Lipinski definition) is 5. The Labute approximate surface area is 217 Å². The number of hydrogen-bond donors (Lipinski definition) is 3. The Kier molecular flexibility index (Phi) is 20.3. The lowest BCUT2D eigenvalue weighted by atomic mass is 10.4. The third-order valence-corrected chi connectivity index (χ3v) is 6.81. The van der Waals surface area contributed by atoms with Crippen LogP contribution < -0.4 is 0 Å². The number of thiol groups is 1. The summed E-state index contributed by atoms with van der Waals surface area (Å²) in [5.41, 5.74) is 0. The molecule has 0 atom stereocenters. The molecule has 0 aliphatic rings. The largest absolute Gasteiger partial charge is 0.391 e. The molecule has 0 aliphatic carbocycles. The maximum absolute atomic E-state index is 9.93. The number of halogens is 2. The Bertz CT molecular complexity index is 733.